The van der Waals surface area contributed by atoms with E-state index in [4.69, 9.17) is 9.47 Å². The van der Waals surface area contributed by atoms with Gasteiger partial charge in [-0.2, -0.15) is 0 Å². The molecule has 0 bridgehead atoms. The number of aryl methyl sites for hydroxylation is 1. The van der Waals surface area contributed by atoms with E-state index < -0.39 is 0 Å². The molecule has 1 aromatic carbocycles. The van der Waals surface area contributed by atoms with Crippen molar-refractivity contribution in [2.75, 3.05) is 33.9 Å². The lowest BCUT2D eigenvalue weighted by atomic mass is 9.90. The van der Waals surface area contributed by atoms with Gasteiger partial charge in [-0.15, -0.1) is 0 Å². The number of ether oxygens (including phenoxy) is 2. The second-order valence-electron chi connectivity index (χ2n) is 9.14. The highest BCUT2D eigenvalue weighted by Crippen LogP contribution is 2.59. The first-order valence-electron chi connectivity index (χ1n) is 11.9. The Bertz CT molecular complexity index is 1030. The molecule has 7 nitrogen and oxygen atoms in total. The molecule has 1 unspecified atom stereocenters. The molecule has 1 aliphatic heterocycles. The number of nitrogens with zero attached hydrogens (tertiary/aromatic N) is 2. The standard InChI is InChI=1S/C27H33N3O4/c1-33-23-7-5-21(18-24(23)34-2)6-8-25(31)30-16-11-27(12-17-30)19-22(27)26(32)29-13-3-4-20-9-14-28-15-10-20/h5-10,14-15,18,22H,3-4,11-13,16-17,19H2,1-2H3,(H,29,32). The fourth-order valence-corrected chi connectivity index (χ4v) is 4.85. The number of hydrogen-bond donors (Lipinski definition) is 1. The molecule has 1 N–H and O–H groups in total. The topological polar surface area (TPSA) is 80.8 Å². The molecule has 1 spiro atoms. The summed E-state index contributed by atoms with van der Waals surface area (Å²) in [5, 5.41) is 3.11. The number of hydrogen-bond acceptors (Lipinski definition) is 5. The summed E-state index contributed by atoms with van der Waals surface area (Å²) < 4.78 is 10.6. The molecule has 1 aromatic heterocycles. The van der Waals surface area contributed by atoms with E-state index in [1.54, 1.807) is 38.8 Å². The van der Waals surface area contributed by atoms with Gasteiger partial charge in [0.1, 0.15) is 0 Å². The van der Waals surface area contributed by atoms with E-state index in [0.29, 0.717) is 31.1 Å². The quantitative estimate of drug-likeness (QED) is 0.455. The minimum Gasteiger partial charge on any atom is -0.493 e. The number of carbonyl (C=O) groups excluding carboxylic acids is 2. The molecule has 2 fully saturated rings. The zero-order valence-corrected chi connectivity index (χ0v) is 20.0. The van der Waals surface area contributed by atoms with Gasteiger partial charge in [0.2, 0.25) is 11.8 Å². The van der Waals surface area contributed by atoms with Gasteiger partial charge in [0, 0.05) is 44.0 Å². The Hall–Kier alpha value is -3.35. The van der Waals surface area contributed by atoms with Crippen molar-refractivity contribution < 1.29 is 19.1 Å². The Morgan fingerprint density at radius 2 is 1.85 bits per heavy atom. The highest BCUT2D eigenvalue weighted by atomic mass is 16.5. The predicted octanol–water partition coefficient (Wildman–Crippen LogP) is 3.49. The molecule has 180 valence electrons. The van der Waals surface area contributed by atoms with Gasteiger partial charge in [-0.25, -0.2) is 0 Å². The molecule has 2 aliphatic rings. The Morgan fingerprint density at radius 1 is 1.12 bits per heavy atom. The molecule has 1 aliphatic carbocycles. The maximum Gasteiger partial charge on any atom is 0.246 e. The van der Waals surface area contributed by atoms with Crippen molar-refractivity contribution in [2.45, 2.75) is 32.1 Å². The van der Waals surface area contributed by atoms with Crippen LogP contribution in [0.1, 0.15) is 36.8 Å². The monoisotopic (exact) mass is 463 g/mol. The third-order valence-corrected chi connectivity index (χ3v) is 7.09. The maximum absolute atomic E-state index is 12.7. The van der Waals surface area contributed by atoms with E-state index in [0.717, 1.165) is 37.7 Å². The number of nitrogens with one attached hydrogen (secondary N) is 1. The fraction of sp³-hybridized carbons (Fsp3) is 0.444. The van der Waals surface area contributed by atoms with Crippen LogP contribution in [0.25, 0.3) is 6.08 Å². The minimum absolute atomic E-state index is 0.00222. The van der Waals surface area contributed by atoms with Gasteiger partial charge in [-0.05, 0) is 79.0 Å². The van der Waals surface area contributed by atoms with Crippen molar-refractivity contribution in [1.82, 2.24) is 15.2 Å². The number of carbonyl (C=O) groups is 2. The number of amides is 2. The number of pyridine rings is 1. The van der Waals surface area contributed by atoms with Crippen LogP contribution in [0.2, 0.25) is 0 Å². The Morgan fingerprint density at radius 3 is 2.56 bits per heavy atom. The largest absolute Gasteiger partial charge is 0.493 e. The third kappa shape index (κ3) is 5.58. The highest BCUT2D eigenvalue weighted by Gasteiger charge is 2.58. The molecule has 1 saturated carbocycles. The number of aromatic nitrogens is 1. The van der Waals surface area contributed by atoms with Crippen molar-refractivity contribution in [1.29, 1.82) is 0 Å². The van der Waals surface area contributed by atoms with Gasteiger partial charge in [0.15, 0.2) is 11.5 Å². The zero-order valence-electron chi connectivity index (χ0n) is 20.0. The van der Waals surface area contributed by atoms with Crippen molar-refractivity contribution in [3.8, 4) is 11.5 Å². The van der Waals surface area contributed by atoms with Gasteiger partial charge in [-0.3, -0.25) is 14.6 Å². The molecular formula is C27H33N3O4. The van der Waals surface area contributed by atoms with Crippen LogP contribution in [-0.2, 0) is 16.0 Å². The lowest BCUT2D eigenvalue weighted by molar-refractivity contribution is -0.127. The van der Waals surface area contributed by atoms with Crippen molar-refractivity contribution in [2.24, 2.45) is 11.3 Å². The van der Waals surface area contributed by atoms with Crippen molar-refractivity contribution >= 4 is 17.9 Å². The Balaban J connectivity index is 1.20. The summed E-state index contributed by atoms with van der Waals surface area (Å²) >= 11 is 0. The van der Waals surface area contributed by atoms with Crippen LogP contribution in [-0.4, -0.2) is 55.6 Å². The highest BCUT2D eigenvalue weighted by molar-refractivity contribution is 5.92. The first-order chi connectivity index (χ1) is 16.5. The summed E-state index contributed by atoms with van der Waals surface area (Å²) in [5.74, 6) is 1.55. The molecule has 0 radical (unpaired) electrons. The Kier molecular flexibility index (Phi) is 7.50. The van der Waals surface area contributed by atoms with E-state index in [1.807, 2.05) is 35.2 Å². The number of likely N-dealkylation sites (tertiary alicyclic amines) is 1. The van der Waals surface area contributed by atoms with Crippen LogP contribution >= 0.6 is 0 Å². The summed E-state index contributed by atoms with van der Waals surface area (Å²) in [6.45, 7) is 2.08. The smallest absolute Gasteiger partial charge is 0.246 e. The molecule has 4 rings (SSSR count). The summed E-state index contributed by atoms with van der Waals surface area (Å²) in [5.41, 5.74) is 2.20. The van der Waals surface area contributed by atoms with Crippen molar-refractivity contribution in [3.05, 3.63) is 59.9 Å². The van der Waals surface area contributed by atoms with E-state index >= 15 is 0 Å². The average Bonchev–Trinajstić information content (AvgIpc) is 3.58. The van der Waals surface area contributed by atoms with Crippen molar-refractivity contribution in [3.63, 3.8) is 0 Å². The number of rotatable bonds is 9. The minimum atomic E-state index is 0.00222. The molecule has 1 saturated heterocycles. The van der Waals surface area contributed by atoms with E-state index in [2.05, 4.69) is 10.3 Å². The fourth-order valence-electron chi connectivity index (χ4n) is 4.85. The first kappa shape index (κ1) is 23.8. The summed E-state index contributed by atoms with van der Waals surface area (Å²) in [6, 6.07) is 9.58. The van der Waals surface area contributed by atoms with Crippen LogP contribution < -0.4 is 14.8 Å². The third-order valence-electron chi connectivity index (χ3n) is 7.09. The lowest BCUT2D eigenvalue weighted by Crippen LogP contribution is -2.40. The molecule has 2 amide bonds. The van der Waals surface area contributed by atoms with Crippen LogP contribution in [0.15, 0.2) is 48.8 Å². The van der Waals surface area contributed by atoms with Crippen LogP contribution in [0.5, 0.6) is 11.5 Å². The molecule has 2 heterocycles. The summed E-state index contributed by atoms with van der Waals surface area (Å²) in [7, 11) is 3.19. The summed E-state index contributed by atoms with van der Waals surface area (Å²) in [4.78, 5) is 31.2. The SMILES string of the molecule is COc1ccc(C=CC(=O)N2CCC3(CC2)CC3C(=O)NCCCc2ccncc2)cc1OC. The normalized spacial score (nSPS) is 18.6. The van der Waals surface area contributed by atoms with Crippen LogP contribution in [0.4, 0.5) is 0 Å². The van der Waals surface area contributed by atoms with Gasteiger partial charge in [0.25, 0.3) is 0 Å². The average molecular weight is 464 g/mol. The first-order valence-corrected chi connectivity index (χ1v) is 11.9. The van der Waals surface area contributed by atoms with Crippen LogP contribution in [0, 0.1) is 11.3 Å². The number of methoxy groups -OCH3 is 2. The number of piperidine rings is 1. The van der Waals surface area contributed by atoms with E-state index in [9.17, 15) is 9.59 Å². The number of benzene rings is 1. The predicted molar refractivity (Wildman–Crippen MR) is 131 cm³/mol. The summed E-state index contributed by atoms with van der Waals surface area (Å²) in [6.07, 6.45) is 11.6. The van der Waals surface area contributed by atoms with Gasteiger partial charge in [-0.1, -0.05) is 6.07 Å². The van der Waals surface area contributed by atoms with E-state index in [-0.39, 0.29) is 23.1 Å². The Labute approximate surface area is 201 Å². The molecule has 1 atom stereocenters. The van der Waals surface area contributed by atoms with Gasteiger partial charge >= 0.3 is 0 Å². The second kappa shape index (κ2) is 10.7. The zero-order chi connectivity index (χ0) is 24.0. The van der Waals surface area contributed by atoms with E-state index in [1.165, 1.54) is 5.56 Å². The molecule has 34 heavy (non-hydrogen) atoms. The van der Waals surface area contributed by atoms with Gasteiger partial charge < -0.3 is 19.7 Å². The van der Waals surface area contributed by atoms with Gasteiger partial charge in [0.05, 0.1) is 14.2 Å². The molecular weight excluding hydrogens is 430 g/mol. The molecule has 7 heteroatoms. The van der Waals surface area contributed by atoms with Crippen LogP contribution in [0.3, 0.4) is 0 Å². The molecule has 2 aromatic rings. The maximum atomic E-state index is 12.7. The second-order valence-corrected chi connectivity index (χ2v) is 9.14. The lowest BCUT2D eigenvalue weighted by Gasteiger charge is -2.32.